The van der Waals surface area contributed by atoms with Crippen LogP contribution in [-0.4, -0.2) is 93.2 Å². The van der Waals surface area contributed by atoms with E-state index in [1.54, 1.807) is 28.9 Å². The predicted molar refractivity (Wildman–Crippen MR) is 131 cm³/mol. The summed E-state index contributed by atoms with van der Waals surface area (Å²) in [5.74, 6) is 2.47. The van der Waals surface area contributed by atoms with E-state index in [2.05, 4.69) is 21.3 Å². The normalized spacial score (nSPS) is 24.2. The van der Waals surface area contributed by atoms with Gasteiger partial charge in [-0.15, -0.1) is 11.8 Å². The van der Waals surface area contributed by atoms with Crippen LogP contribution in [0.4, 0.5) is 10.6 Å². The van der Waals surface area contributed by atoms with Crippen molar-refractivity contribution < 1.29 is 14.3 Å². The number of carbonyl (C=O) groups excluding carboxylic acids is 2. The summed E-state index contributed by atoms with van der Waals surface area (Å²) in [6.07, 6.45) is 3.73. The highest BCUT2D eigenvalue weighted by atomic mass is 32.2. The van der Waals surface area contributed by atoms with E-state index in [-0.39, 0.29) is 11.9 Å². The largest absolute Gasteiger partial charge is 0.444 e. The number of nitrogens with zero attached hydrogens (tertiary/aromatic N) is 5. The van der Waals surface area contributed by atoms with Gasteiger partial charge in [-0.05, 0) is 52.2 Å². The van der Waals surface area contributed by atoms with E-state index in [1.165, 1.54) is 0 Å². The van der Waals surface area contributed by atoms with Crippen molar-refractivity contribution in [3.05, 3.63) is 23.9 Å². The minimum absolute atomic E-state index is 0.0433. The summed E-state index contributed by atoms with van der Waals surface area (Å²) in [5, 5.41) is 12.4. The number of amides is 2. The molecule has 34 heavy (non-hydrogen) atoms. The molecule has 3 saturated heterocycles. The number of hydrogen-bond acceptors (Lipinski definition) is 8. The Labute approximate surface area is 205 Å². The van der Waals surface area contributed by atoms with Crippen LogP contribution in [0, 0.1) is 11.3 Å². The maximum Gasteiger partial charge on any atom is 0.411 e. The average Bonchev–Trinajstić information content (AvgIpc) is 3.49. The van der Waals surface area contributed by atoms with Crippen LogP contribution in [0.3, 0.4) is 0 Å². The second-order valence-electron chi connectivity index (χ2n) is 10.2. The quantitative estimate of drug-likeness (QED) is 0.693. The predicted octanol–water partition coefficient (Wildman–Crippen LogP) is 2.74. The molecule has 4 rings (SSSR count). The van der Waals surface area contributed by atoms with Crippen molar-refractivity contribution in [2.75, 3.05) is 43.1 Å². The summed E-state index contributed by atoms with van der Waals surface area (Å²) < 4.78 is 5.66. The zero-order valence-electron chi connectivity index (χ0n) is 20.2. The van der Waals surface area contributed by atoms with Crippen LogP contribution in [0.5, 0.6) is 0 Å². The number of hydrogen-bond donors (Lipinski definition) is 1. The first-order valence-electron chi connectivity index (χ1n) is 12.0. The number of pyridine rings is 1. The Hall–Kier alpha value is -2.51. The molecule has 10 heteroatoms. The molecule has 184 valence electrons. The lowest BCUT2D eigenvalue weighted by atomic mass is 10.0. The maximum atomic E-state index is 13.3. The highest BCUT2D eigenvalue weighted by molar-refractivity contribution is 7.99. The van der Waals surface area contributed by atoms with Crippen molar-refractivity contribution in [2.45, 2.75) is 63.8 Å². The minimum Gasteiger partial charge on any atom is -0.444 e. The van der Waals surface area contributed by atoms with Crippen LogP contribution >= 0.6 is 11.8 Å². The Bertz CT molecular complexity index is 914. The van der Waals surface area contributed by atoms with Crippen LogP contribution in [0.25, 0.3) is 0 Å². The van der Waals surface area contributed by atoms with Gasteiger partial charge in [-0.25, -0.2) is 9.78 Å². The van der Waals surface area contributed by atoms with E-state index in [1.807, 2.05) is 31.7 Å². The van der Waals surface area contributed by atoms with Crippen molar-refractivity contribution in [3.63, 3.8) is 0 Å². The molecule has 0 bridgehead atoms. The molecular formula is C24H34N6O3S. The van der Waals surface area contributed by atoms with E-state index in [4.69, 9.17) is 10.00 Å². The van der Waals surface area contributed by atoms with Crippen LogP contribution in [-0.2, 0) is 9.53 Å². The van der Waals surface area contributed by atoms with Gasteiger partial charge in [0.1, 0.15) is 23.5 Å². The Morgan fingerprint density at radius 3 is 2.59 bits per heavy atom. The topological polar surface area (TPSA) is 102 Å². The third-order valence-electron chi connectivity index (χ3n) is 6.55. The molecule has 0 radical (unpaired) electrons. The monoisotopic (exact) mass is 486 g/mol. The molecule has 3 aliphatic rings. The number of ether oxygens (including phenoxy) is 1. The first-order valence-corrected chi connectivity index (χ1v) is 13.1. The molecule has 4 heterocycles. The number of carbonyl (C=O) groups is 2. The van der Waals surface area contributed by atoms with E-state index < -0.39 is 17.7 Å². The van der Waals surface area contributed by atoms with Crippen molar-refractivity contribution >= 4 is 29.6 Å². The summed E-state index contributed by atoms with van der Waals surface area (Å²) in [7, 11) is 0. The summed E-state index contributed by atoms with van der Waals surface area (Å²) in [6, 6.07) is 5.68. The lowest BCUT2D eigenvalue weighted by molar-refractivity contribution is -0.134. The summed E-state index contributed by atoms with van der Waals surface area (Å²) in [5.41, 5.74) is -0.0526. The summed E-state index contributed by atoms with van der Waals surface area (Å²) in [4.78, 5) is 36.5. The third kappa shape index (κ3) is 5.94. The molecule has 2 atom stereocenters. The molecule has 0 spiro atoms. The van der Waals surface area contributed by atoms with Crippen LogP contribution < -0.4 is 5.32 Å². The van der Waals surface area contributed by atoms with Gasteiger partial charge in [0.05, 0.1) is 11.4 Å². The van der Waals surface area contributed by atoms with Gasteiger partial charge in [0.15, 0.2) is 0 Å². The highest BCUT2D eigenvalue weighted by Crippen LogP contribution is 2.29. The lowest BCUT2D eigenvalue weighted by Gasteiger charge is -2.36. The van der Waals surface area contributed by atoms with Gasteiger partial charge in [-0.2, -0.15) is 5.26 Å². The Kier molecular flexibility index (Phi) is 7.53. The molecule has 0 aromatic carbocycles. The zero-order chi connectivity index (χ0) is 24.3. The minimum atomic E-state index is -0.601. The van der Waals surface area contributed by atoms with Crippen molar-refractivity contribution in [1.29, 1.82) is 5.26 Å². The Morgan fingerprint density at radius 1 is 1.24 bits per heavy atom. The number of nitrogens with one attached hydrogen (secondary N) is 1. The molecule has 3 fully saturated rings. The summed E-state index contributed by atoms with van der Waals surface area (Å²) in [6.45, 7) is 8.60. The number of thioether (sulfide) groups is 1. The number of likely N-dealkylation sites (tertiary alicyclic amines) is 2. The fraction of sp³-hybridized carbons (Fsp3) is 0.667. The van der Waals surface area contributed by atoms with Gasteiger partial charge in [0.2, 0.25) is 5.91 Å². The van der Waals surface area contributed by atoms with Crippen molar-refractivity contribution in [3.8, 4) is 6.07 Å². The fourth-order valence-corrected chi connectivity index (χ4v) is 5.75. The van der Waals surface area contributed by atoms with Gasteiger partial charge >= 0.3 is 6.09 Å². The van der Waals surface area contributed by atoms with Gasteiger partial charge in [-0.1, -0.05) is 0 Å². The van der Waals surface area contributed by atoms with Gasteiger partial charge in [0, 0.05) is 50.2 Å². The SMILES string of the molecule is CC(C)(C)OC(=O)N1CC(N2CCC(Nc3ccc(C#N)cn3)CC2)CC1C(=O)N1CCSC1. The molecule has 1 aromatic rings. The first-order chi connectivity index (χ1) is 16.2. The lowest BCUT2D eigenvalue weighted by Crippen LogP contribution is -2.48. The molecule has 0 saturated carbocycles. The van der Waals surface area contributed by atoms with E-state index in [9.17, 15) is 9.59 Å². The number of anilines is 1. The maximum absolute atomic E-state index is 13.3. The first kappa shape index (κ1) is 24.6. The van der Waals surface area contributed by atoms with E-state index in [0.29, 0.717) is 30.4 Å². The summed E-state index contributed by atoms with van der Waals surface area (Å²) >= 11 is 1.75. The standard InChI is InChI=1S/C24H34N6O3S/c1-24(2,3)33-23(32)30-15-19(12-20(30)22(31)29-10-11-34-16-29)28-8-6-18(7-9-28)27-21-5-4-17(13-25)14-26-21/h4-5,14,18-20H,6-12,15-16H2,1-3H3,(H,26,27). The van der Waals surface area contributed by atoms with Gasteiger partial charge in [-0.3, -0.25) is 14.6 Å². The van der Waals surface area contributed by atoms with Crippen LogP contribution in [0.2, 0.25) is 0 Å². The van der Waals surface area contributed by atoms with Crippen molar-refractivity contribution in [1.82, 2.24) is 19.7 Å². The molecule has 2 unspecified atom stereocenters. The smallest absolute Gasteiger partial charge is 0.411 e. The highest BCUT2D eigenvalue weighted by Gasteiger charge is 2.45. The Morgan fingerprint density at radius 2 is 2.00 bits per heavy atom. The fourth-order valence-electron chi connectivity index (χ4n) is 4.80. The zero-order valence-corrected chi connectivity index (χ0v) is 21.0. The number of piperidine rings is 1. The van der Waals surface area contributed by atoms with Crippen LogP contribution in [0.15, 0.2) is 18.3 Å². The average molecular weight is 487 g/mol. The van der Waals surface area contributed by atoms with Crippen LogP contribution in [0.1, 0.15) is 45.6 Å². The third-order valence-corrected chi connectivity index (χ3v) is 7.51. The second kappa shape index (κ2) is 10.4. The van der Waals surface area contributed by atoms with Crippen molar-refractivity contribution in [2.24, 2.45) is 0 Å². The van der Waals surface area contributed by atoms with E-state index in [0.717, 1.165) is 44.0 Å². The number of aromatic nitrogens is 1. The number of rotatable bonds is 4. The second-order valence-corrected chi connectivity index (χ2v) is 11.3. The molecule has 1 aromatic heterocycles. The molecule has 1 N–H and O–H groups in total. The van der Waals surface area contributed by atoms with Gasteiger partial charge in [0.25, 0.3) is 0 Å². The molecule has 0 aliphatic carbocycles. The molecule has 2 amide bonds. The molecule has 3 aliphatic heterocycles. The van der Waals surface area contributed by atoms with E-state index >= 15 is 0 Å². The Balaban J connectivity index is 1.37. The molecular weight excluding hydrogens is 452 g/mol. The molecule has 9 nitrogen and oxygen atoms in total. The number of nitriles is 1. The van der Waals surface area contributed by atoms with Gasteiger partial charge < -0.3 is 15.0 Å².